The quantitative estimate of drug-likeness (QED) is 0.727. The molecule has 0 atom stereocenters. The van der Waals surface area contributed by atoms with Crippen LogP contribution in [0.2, 0.25) is 5.02 Å². The Morgan fingerprint density at radius 3 is 2.69 bits per heavy atom. The van der Waals surface area contributed by atoms with E-state index in [9.17, 15) is 4.79 Å². The van der Waals surface area contributed by atoms with Gasteiger partial charge in [0, 0.05) is 4.47 Å². The monoisotopic (exact) mass is 262 g/mol. The van der Waals surface area contributed by atoms with E-state index >= 15 is 0 Å². The summed E-state index contributed by atoms with van der Waals surface area (Å²) < 4.78 is 5.45. The predicted octanol–water partition coefficient (Wildman–Crippen LogP) is 3.20. The molecule has 0 bridgehead atoms. The van der Waals surface area contributed by atoms with Gasteiger partial charge in [-0.05, 0) is 24.6 Å². The smallest absolute Gasteiger partial charge is 0.339 e. The predicted molar refractivity (Wildman–Crippen MR) is 55.2 cm³/mol. The van der Waals surface area contributed by atoms with Crippen LogP contribution in [0.4, 0.5) is 0 Å². The Kier molecular flexibility index (Phi) is 3.33. The van der Waals surface area contributed by atoms with E-state index in [1.165, 1.54) is 7.11 Å². The number of carbonyl (C=O) groups is 1. The Labute approximate surface area is 90.0 Å². The standard InChI is InChI=1S/C9H8BrClO2/c1-5-6(10)3-4-7(11)8(5)9(12)13-2/h3-4H,1-2H3. The van der Waals surface area contributed by atoms with Crippen LogP contribution in [0.5, 0.6) is 0 Å². The Morgan fingerprint density at radius 2 is 2.15 bits per heavy atom. The molecule has 0 aromatic heterocycles. The van der Waals surface area contributed by atoms with Gasteiger partial charge in [-0.2, -0.15) is 0 Å². The van der Waals surface area contributed by atoms with Crippen molar-refractivity contribution in [3.05, 3.63) is 32.8 Å². The first-order valence-corrected chi connectivity index (χ1v) is 4.78. The first kappa shape index (κ1) is 10.5. The first-order chi connectivity index (χ1) is 6.07. The van der Waals surface area contributed by atoms with Crippen molar-refractivity contribution in [2.24, 2.45) is 0 Å². The van der Waals surface area contributed by atoms with Crippen molar-refractivity contribution in [1.29, 1.82) is 0 Å². The molecule has 1 aromatic rings. The van der Waals surface area contributed by atoms with Crippen molar-refractivity contribution in [1.82, 2.24) is 0 Å². The average molecular weight is 264 g/mol. The molecule has 0 radical (unpaired) electrons. The Morgan fingerprint density at radius 1 is 1.54 bits per heavy atom. The lowest BCUT2D eigenvalue weighted by molar-refractivity contribution is 0.0600. The zero-order valence-corrected chi connectivity index (χ0v) is 9.57. The fourth-order valence-corrected chi connectivity index (χ4v) is 1.62. The van der Waals surface area contributed by atoms with Gasteiger partial charge < -0.3 is 4.74 Å². The molecule has 0 N–H and O–H groups in total. The summed E-state index contributed by atoms with van der Waals surface area (Å²) in [5.41, 5.74) is 1.21. The largest absolute Gasteiger partial charge is 0.465 e. The van der Waals surface area contributed by atoms with E-state index in [1.54, 1.807) is 12.1 Å². The lowest BCUT2D eigenvalue weighted by Gasteiger charge is -2.07. The van der Waals surface area contributed by atoms with E-state index in [0.29, 0.717) is 10.6 Å². The molecular formula is C9H8BrClO2. The molecule has 0 unspecified atom stereocenters. The number of esters is 1. The molecule has 0 saturated carbocycles. The average Bonchev–Trinajstić information content (AvgIpc) is 2.12. The van der Waals surface area contributed by atoms with Crippen LogP contribution in [0.15, 0.2) is 16.6 Å². The highest BCUT2D eigenvalue weighted by Gasteiger charge is 2.15. The van der Waals surface area contributed by atoms with Gasteiger partial charge in [0.15, 0.2) is 0 Å². The number of halogens is 2. The van der Waals surface area contributed by atoms with Crippen LogP contribution in [0.25, 0.3) is 0 Å². The molecule has 1 aromatic carbocycles. The van der Waals surface area contributed by atoms with E-state index < -0.39 is 5.97 Å². The van der Waals surface area contributed by atoms with Crippen LogP contribution in [0, 0.1) is 6.92 Å². The molecule has 0 aliphatic rings. The minimum absolute atomic E-state index is 0.410. The molecule has 0 fully saturated rings. The van der Waals surface area contributed by atoms with Crippen molar-refractivity contribution in [2.45, 2.75) is 6.92 Å². The van der Waals surface area contributed by atoms with Crippen LogP contribution >= 0.6 is 27.5 Å². The Hall–Kier alpha value is -0.540. The van der Waals surface area contributed by atoms with Gasteiger partial charge >= 0.3 is 5.97 Å². The highest BCUT2D eigenvalue weighted by atomic mass is 79.9. The van der Waals surface area contributed by atoms with E-state index in [1.807, 2.05) is 6.92 Å². The van der Waals surface area contributed by atoms with Crippen molar-refractivity contribution < 1.29 is 9.53 Å². The molecule has 0 aliphatic carbocycles. The molecule has 0 aliphatic heterocycles. The highest BCUT2D eigenvalue weighted by molar-refractivity contribution is 9.10. The summed E-state index contributed by atoms with van der Waals surface area (Å²) in [7, 11) is 1.33. The summed E-state index contributed by atoms with van der Waals surface area (Å²) >= 11 is 9.16. The molecule has 13 heavy (non-hydrogen) atoms. The number of carbonyl (C=O) groups excluding carboxylic acids is 1. The topological polar surface area (TPSA) is 26.3 Å². The third-order valence-corrected chi connectivity index (χ3v) is 2.91. The number of methoxy groups -OCH3 is 1. The maximum absolute atomic E-state index is 11.3. The van der Waals surface area contributed by atoms with Crippen LogP contribution in [-0.2, 0) is 4.74 Å². The van der Waals surface area contributed by atoms with Gasteiger partial charge in [-0.25, -0.2) is 4.79 Å². The van der Waals surface area contributed by atoms with Gasteiger partial charge in [0.1, 0.15) is 0 Å². The molecule has 0 amide bonds. The molecular weight excluding hydrogens is 255 g/mol. The van der Waals surface area contributed by atoms with E-state index in [0.717, 1.165) is 10.0 Å². The van der Waals surface area contributed by atoms with E-state index in [2.05, 4.69) is 20.7 Å². The van der Waals surface area contributed by atoms with Gasteiger partial charge in [-0.3, -0.25) is 0 Å². The summed E-state index contributed by atoms with van der Waals surface area (Å²) in [6.45, 7) is 1.81. The van der Waals surface area contributed by atoms with E-state index in [-0.39, 0.29) is 0 Å². The maximum atomic E-state index is 11.3. The second kappa shape index (κ2) is 4.11. The SMILES string of the molecule is COC(=O)c1c(Cl)ccc(Br)c1C. The molecule has 2 nitrogen and oxygen atoms in total. The number of hydrogen-bond donors (Lipinski definition) is 0. The van der Waals surface area contributed by atoms with Crippen molar-refractivity contribution in [3.8, 4) is 0 Å². The molecule has 0 saturated heterocycles. The first-order valence-electron chi connectivity index (χ1n) is 3.61. The molecule has 0 spiro atoms. The number of rotatable bonds is 1. The molecule has 4 heteroatoms. The highest BCUT2D eigenvalue weighted by Crippen LogP contribution is 2.26. The number of benzene rings is 1. The van der Waals surface area contributed by atoms with Crippen molar-refractivity contribution in [3.63, 3.8) is 0 Å². The maximum Gasteiger partial charge on any atom is 0.339 e. The van der Waals surface area contributed by atoms with Crippen LogP contribution < -0.4 is 0 Å². The fraction of sp³-hybridized carbons (Fsp3) is 0.222. The minimum atomic E-state index is -0.413. The van der Waals surface area contributed by atoms with Gasteiger partial charge in [0.2, 0.25) is 0 Å². The second-order valence-electron chi connectivity index (χ2n) is 2.52. The van der Waals surface area contributed by atoms with Crippen molar-refractivity contribution in [2.75, 3.05) is 7.11 Å². The third kappa shape index (κ3) is 2.03. The fourth-order valence-electron chi connectivity index (χ4n) is 1.01. The van der Waals surface area contributed by atoms with E-state index in [4.69, 9.17) is 11.6 Å². The zero-order chi connectivity index (χ0) is 10.0. The van der Waals surface area contributed by atoms with Crippen LogP contribution in [-0.4, -0.2) is 13.1 Å². The second-order valence-corrected chi connectivity index (χ2v) is 3.78. The zero-order valence-electron chi connectivity index (χ0n) is 7.23. The summed E-state index contributed by atoms with van der Waals surface area (Å²) in [5, 5.41) is 0.410. The van der Waals surface area contributed by atoms with Gasteiger partial charge in [0.25, 0.3) is 0 Å². The molecule has 1 rings (SSSR count). The van der Waals surface area contributed by atoms with Gasteiger partial charge in [0.05, 0.1) is 17.7 Å². The van der Waals surface area contributed by atoms with Gasteiger partial charge in [-0.15, -0.1) is 0 Å². The van der Waals surface area contributed by atoms with Crippen molar-refractivity contribution >= 4 is 33.5 Å². The molecule has 70 valence electrons. The lowest BCUT2D eigenvalue weighted by Crippen LogP contribution is -2.05. The number of ether oxygens (including phenoxy) is 1. The van der Waals surface area contributed by atoms with Gasteiger partial charge in [-0.1, -0.05) is 27.5 Å². The Bertz CT molecular complexity index is 350. The minimum Gasteiger partial charge on any atom is -0.465 e. The summed E-state index contributed by atoms with van der Waals surface area (Å²) in [4.78, 5) is 11.3. The van der Waals surface area contributed by atoms with Crippen LogP contribution in [0.3, 0.4) is 0 Å². The molecule has 0 heterocycles. The normalized spacial score (nSPS) is 9.85. The summed E-state index contributed by atoms with van der Waals surface area (Å²) in [6.07, 6.45) is 0. The summed E-state index contributed by atoms with van der Waals surface area (Å²) in [6, 6.07) is 3.45. The Balaban J connectivity index is 3.33. The third-order valence-electron chi connectivity index (χ3n) is 1.74. The number of hydrogen-bond acceptors (Lipinski definition) is 2. The van der Waals surface area contributed by atoms with Crippen LogP contribution in [0.1, 0.15) is 15.9 Å². The lowest BCUT2D eigenvalue weighted by atomic mass is 10.1. The summed E-state index contributed by atoms with van der Waals surface area (Å²) in [5.74, 6) is -0.413.